The molecule has 1 aromatic carbocycles. The Morgan fingerprint density at radius 2 is 2.12 bits per heavy atom. The predicted octanol–water partition coefficient (Wildman–Crippen LogP) is 1.04. The summed E-state index contributed by atoms with van der Waals surface area (Å²) in [5.74, 6) is 0. The third-order valence-corrected chi connectivity index (χ3v) is 2.32. The molecule has 0 amide bonds. The molecule has 0 saturated carbocycles. The Labute approximate surface area is 99.0 Å². The summed E-state index contributed by atoms with van der Waals surface area (Å²) < 4.78 is 6.38. The van der Waals surface area contributed by atoms with Gasteiger partial charge in [-0.1, -0.05) is 35.5 Å². The largest absolute Gasteiger partial charge is 0.467 e. The number of carbonyl (C=O) groups is 1. The van der Waals surface area contributed by atoms with Gasteiger partial charge in [-0.15, -0.1) is 5.10 Å². The molecule has 5 heteroatoms. The maximum atomic E-state index is 9.98. The lowest BCUT2D eigenvalue weighted by Crippen LogP contribution is -2.00. The summed E-state index contributed by atoms with van der Waals surface area (Å²) in [4.78, 5) is 9.98. The zero-order valence-electron chi connectivity index (χ0n) is 9.32. The summed E-state index contributed by atoms with van der Waals surface area (Å²) in [6, 6.07) is 10.0. The van der Waals surface area contributed by atoms with Crippen molar-refractivity contribution in [2.75, 3.05) is 6.61 Å². The molecule has 17 heavy (non-hydrogen) atoms. The van der Waals surface area contributed by atoms with Gasteiger partial charge in [0.25, 0.3) is 6.47 Å². The van der Waals surface area contributed by atoms with Gasteiger partial charge >= 0.3 is 0 Å². The van der Waals surface area contributed by atoms with E-state index >= 15 is 0 Å². The van der Waals surface area contributed by atoms with Crippen LogP contribution in [0.3, 0.4) is 0 Å². The molecule has 0 aliphatic carbocycles. The first-order chi connectivity index (χ1) is 8.38. The molecule has 0 N–H and O–H groups in total. The van der Waals surface area contributed by atoms with Crippen molar-refractivity contribution < 1.29 is 9.53 Å². The third-order valence-electron chi connectivity index (χ3n) is 2.32. The SMILES string of the molecule is O=COCCc1cn(Cc2ccccc2)nn1. The van der Waals surface area contributed by atoms with Gasteiger partial charge < -0.3 is 4.74 Å². The maximum absolute atomic E-state index is 9.98. The molecule has 0 spiro atoms. The molecule has 0 radical (unpaired) electrons. The number of rotatable bonds is 6. The Morgan fingerprint density at radius 3 is 2.88 bits per heavy atom. The van der Waals surface area contributed by atoms with E-state index in [4.69, 9.17) is 0 Å². The van der Waals surface area contributed by atoms with Gasteiger partial charge in [-0.2, -0.15) is 0 Å². The molecule has 0 saturated heterocycles. The Bertz CT molecular complexity index is 468. The van der Waals surface area contributed by atoms with Crippen LogP contribution in [0.2, 0.25) is 0 Å². The van der Waals surface area contributed by atoms with E-state index in [1.54, 1.807) is 4.68 Å². The number of aromatic nitrogens is 3. The minimum atomic E-state index is 0.341. The predicted molar refractivity (Wildman–Crippen MR) is 61.3 cm³/mol. The fourth-order valence-corrected chi connectivity index (χ4v) is 1.51. The van der Waals surface area contributed by atoms with Crippen molar-refractivity contribution in [1.29, 1.82) is 0 Å². The van der Waals surface area contributed by atoms with E-state index in [9.17, 15) is 4.79 Å². The Morgan fingerprint density at radius 1 is 1.29 bits per heavy atom. The Balaban J connectivity index is 1.92. The van der Waals surface area contributed by atoms with Crippen LogP contribution >= 0.6 is 0 Å². The van der Waals surface area contributed by atoms with Gasteiger partial charge in [0.2, 0.25) is 0 Å². The van der Waals surface area contributed by atoms with Crippen molar-refractivity contribution in [3.05, 3.63) is 47.8 Å². The van der Waals surface area contributed by atoms with Gasteiger partial charge in [-0.3, -0.25) is 4.79 Å². The van der Waals surface area contributed by atoms with Crippen LogP contribution in [0.25, 0.3) is 0 Å². The maximum Gasteiger partial charge on any atom is 0.293 e. The Kier molecular flexibility index (Phi) is 3.85. The molecule has 0 aliphatic heterocycles. The topological polar surface area (TPSA) is 57.0 Å². The summed E-state index contributed by atoms with van der Waals surface area (Å²) in [6.07, 6.45) is 2.45. The number of ether oxygens (including phenoxy) is 1. The fraction of sp³-hybridized carbons (Fsp3) is 0.250. The van der Waals surface area contributed by atoms with Crippen LogP contribution < -0.4 is 0 Å². The molecule has 0 bridgehead atoms. The van der Waals surface area contributed by atoms with Crippen molar-refractivity contribution >= 4 is 6.47 Å². The molecular weight excluding hydrogens is 218 g/mol. The van der Waals surface area contributed by atoms with Crippen molar-refractivity contribution in [3.8, 4) is 0 Å². The molecule has 2 aromatic rings. The van der Waals surface area contributed by atoms with Crippen LogP contribution in [0.5, 0.6) is 0 Å². The zero-order valence-corrected chi connectivity index (χ0v) is 9.32. The number of hydrogen-bond acceptors (Lipinski definition) is 4. The van der Waals surface area contributed by atoms with Crippen LogP contribution in [0.4, 0.5) is 0 Å². The minimum Gasteiger partial charge on any atom is -0.467 e. The first kappa shape index (κ1) is 11.3. The van der Waals surface area contributed by atoms with Crippen LogP contribution in [-0.2, 0) is 22.5 Å². The second-order valence-electron chi connectivity index (χ2n) is 3.61. The lowest BCUT2D eigenvalue weighted by atomic mass is 10.2. The smallest absolute Gasteiger partial charge is 0.293 e. The van der Waals surface area contributed by atoms with E-state index in [-0.39, 0.29) is 0 Å². The second kappa shape index (κ2) is 5.79. The van der Waals surface area contributed by atoms with Crippen molar-refractivity contribution in [2.24, 2.45) is 0 Å². The third kappa shape index (κ3) is 3.41. The number of benzene rings is 1. The molecule has 0 unspecified atom stereocenters. The van der Waals surface area contributed by atoms with Gasteiger partial charge in [-0.05, 0) is 5.56 Å². The molecular formula is C12H13N3O2. The average molecular weight is 231 g/mol. The van der Waals surface area contributed by atoms with Crippen molar-refractivity contribution in [1.82, 2.24) is 15.0 Å². The zero-order chi connectivity index (χ0) is 11.9. The Hall–Kier alpha value is -2.17. The quantitative estimate of drug-likeness (QED) is 0.550. The van der Waals surface area contributed by atoms with Crippen LogP contribution in [0.1, 0.15) is 11.3 Å². The number of carbonyl (C=O) groups excluding carboxylic acids is 1. The summed E-state index contributed by atoms with van der Waals surface area (Å²) >= 11 is 0. The van der Waals surface area contributed by atoms with Gasteiger partial charge in [0.1, 0.15) is 0 Å². The lowest BCUT2D eigenvalue weighted by Gasteiger charge is -1.99. The van der Waals surface area contributed by atoms with Crippen LogP contribution in [0.15, 0.2) is 36.5 Å². The number of hydrogen-bond donors (Lipinski definition) is 0. The van der Waals surface area contributed by atoms with Gasteiger partial charge in [-0.25, -0.2) is 4.68 Å². The monoisotopic (exact) mass is 231 g/mol. The molecule has 0 atom stereocenters. The first-order valence-corrected chi connectivity index (χ1v) is 5.36. The molecule has 1 aromatic heterocycles. The van der Waals surface area contributed by atoms with E-state index in [0.29, 0.717) is 26.0 Å². The van der Waals surface area contributed by atoms with E-state index < -0.39 is 0 Å². The second-order valence-corrected chi connectivity index (χ2v) is 3.61. The highest BCUT2D eigenvalue weighted by Crippen LogP contribution is 2.02. The average Bonchev–Trinajstić information content (AvgIpc) is 2.79. The lowest BCUT2D eigenvalue weighted by molar-refractivity contribution is -0.128. The van der Waals surface area contributed by atoms with Crippen LogP contribution in [-0.4, -0.2) is 28.1 Å². The van der Waals surface area contributed by atoms with E-state index in [1.807, 2.05) is 36.5 Å². The van der Waals surface area contributed by atoms with Gasteiger partial charge in [0, 0.05) is 12.6 Å². The summed E-state index contributed by atoms with van der Waals surface area (Å²) in [5, 5.41) is 8.01. The molecule has 2 rings (SSSR count). The van der Waals surface area contributed by atoms with E-state index in [0.717, 1.165) is 5.69 Å². The summed E-state index contributed by atoms with van der Waals surface area (Å²) in [6.45, 7) is 1.48. The summed E-state index contributed by atoms with van der Waals surface area (Å²) in [5.41, 5.74) is 2.00. The highest BCUT2D eigenvalue weighted by atomic mass is 16.5. The van der Waals surface area contributed by atoms with Crippen molar-refractivity contribution in [3.63, 3.8) is 0 Å². The highest BCUT2D eigenvalue weighted by molar-refractivity contribution is 5.36. The molecule has 1 heterocycles. The molecule has 5 nitrogen and oxygen atoms in total. The van der Waals surface area contributed by atoms with E-state index in [2.05, 4.69) is 15.0 Å². The fourth-order valence-electron chi connectivity index (χ4n) is 1.51. The minimum absolute atomic E-state index is 0.341. The molecule has 0 aliphatic rings. The molecule has 88 valence electrons. The first-order valence-electron chi connectivity index (χ1n) is 5.36. The normalized spacial score (nSPS) is 10.1. The molecule has 0 fully saturated rings. The van der Waals surface area contributed by atoms with E-state index in [1.165, 1.54) is 5.56 Å². The standard InChI is InChI=1S/C12H13N3O2/c16-10-17-7-6-12-9-15(14-13-12)8-11-4-2-1-3-5-11/h1-5,9-10H,6-8H2. The van der Waals surface area contributed by atoms with Gasteiger partial charge in [0.15, 0.2) is 0 Å². The summed E-state index contributed by atoms with van der Waals surface area (Å²) in [7, 11) is 0. The van der Waals surface area contributed by atoms with Gasteiger partial charge in [0.05, 0.1) is 18.8 Å². The number of nitrogens with zero attached hydrogens (tertiary/aromatic N) is 3. The highest BCUT2D eigenvalue weighted by Gasteiger charge is 2.01. The van der Waals surface area contributed by atoms with Crippen molar-refractivity contribution in [2.45, 2.75) is 13.0 Å². The van der Waals surface area contributed by atoms with Crippen LogP contribution in [0, 0.1) is 0 Å².